The Balaban J connectivity index is 0.925. The molecule has 4 heteroatoms. The van der Waals surface area contributed by atoms with E-state index in [1.54, 1.807) is 0 Å². The van der Waals surface area contributed by atoms with Crippen molar-refractivity contribution in [1.29, 1.82) is 0 Å². The van der Waals surface area contributed by atoms with Gasteiger partial charge in [-0.2, -0.15) is 0 Å². The summed E-state index contributed by atoms with van der Waals surface area (Å²) in [6.07, 6.45) is 0. The highest BCUT2D eigenvalue weighted by Gasteiger charge is 2.36. The lowest BCUT2D eigenvalue weighted by molar-refractivity contribution is 0.660. The molecule has 10 aromatic carbocycles. The Kier molecular flexibility index (Phi) is 9.81. The van der Waals surface area contributed by atoms with Crippen LogP contribution in [0.15, 0.2) is 243 Å². The van der Waals surface area contributed by atoms with Crippen molar-refractivity contribution in [3.05, 3.63) is 254 Å². The second-order valence-electron chi connectivity index (χ2n) is 18.8. The Morgan fingerprint density at radius 3 is 1.49 bits per heavy atom. The van der Waals surface area contributed by atoms with Crippen LogP contribution in [-0.2, 0) is 5.41 Å². The molecule has 0 radical (unpaired) electrons. The number of fused-ring (bicyclic) bond motifs is 6. The molecule has 1 aliphatic carbocycles. The smallest absolute Gasteiger partial charge is 0.164 e. The van der Waals surface area contributed by atoms with Gasteiger partial charge in [-0.25, -0.2) is 15.0 Å². The highest BCUT2D eigenvalue weighted by Crippen LogP contribution is 2.52. The molecule has 2 heterocycles. The molecule has 70 heavy (non-hydrogen) atoms. The monoisotopic (exact) mass is 894 g/mol. The minimum absolute atomic E-state index is 0.0421. The van der Waals surface area contributed by atoms with Crippen LogP contribution in [0.2, 0.25) is 0 Å². The van der Waals surface area contributed by atoms with Crippen molar-refractivity contribution < 1.29 is 0 Å². The predicted octanol–water partition coefficient (Wildman–Crippen LogP) is 16.9. The SMILES string of the molecule is CC1(C)c2ccccc2-c2c(-c3ccc(-c4ccc5c(c4)c4ccc(-c6cccc(-c7nc(-c8ccccc8)nc(-c8ccccc8)n7)c6)cc4n5-c4cccc(-c5ccccc5)c4)cc3)cccc21. The van der Waals surface area contributed by atoms with Gasteiger partial charge in [-0.3, -0.25) is 0 Å². The molecular formula is C66H46N4. The van der Waals surface area contributed by atoms with Crippen LogP contribution < -0.4 is 0 Å². The van der Waals surface area contributed by atoms with E-state index in [-0.39, 0.29) is 5.41 Å². The number of nitrogens with zero attached hydrogens (tertiary/aromatic N) is 4. The van der Waals surface area contributed by atoms with Crippen molar-refractivity contribution in [2.45, 2.75) is 19.3 Å². The van der Waals surface area contributed by atoms with Gasteiger partial charge < -0.3 is 4.57 Å². The molecule has 0 atom stereocenters. The van der Waals surface area contributed by atoms with E-state index in [0.717, 1.165) is 44.5 Å². The van der Waals surface area contributed by atoms with Gasteiger partial charge in [-0.05, 0) is 103 Å². The molecular weight excluding hydrogens is 849 g/mol. The number of hydrogen-bond donors (Lipinski definition) is 0. The quantitative estimate of drug-likeness (QED) is 0.153. The minimum atomic E-state index is -0.0421. The van der Waals surface area contributed by atoms with Crippen molar-refractivity contribution in [1.82, 2.24) is 19.5 Å². The molecule has 0 saturated carbocycles. The lowest BCUT2D eigenvalue weighted by Crippen LogP contribution is -2.14. The molecule has 0 aliphatic heterocycles. The lowest BCUT2D eigenvalue weighted by atomic mass is 9.82. The van der Waals surface area contributed by atoms with Crippen molar-refractivity contribution >= 4 is 21.8 Å². The molecule has 4 nitrogen and oxygen atoms in total. The minimum Gasteiger partial charge on any atom is -0.309 e. The third-order valence-corrected chi connectivity index (χ3v) is 14.3. The predicted molar refractivity (Wildman–Crippen MR) is 290 cm³/mol. The van der Waals surface area contributed by atoms with E-state index in [0.29, 0.717) is 17.5 Å². The van der Waals surface area contributed by atoms with Gasteiger partial charge in [0.2, 0.25) is 0 Å². The van der Waals surface area contributed by atoms with Gasteiger partial charge in [0, 0.05) is 38.6 Å². The summed E-state index contributed by atoms with van der Waals surface area (Å²) in [6, 6.07) is 87.1. The maximum absolute atomic E-state index is 5.05. The largest absolute Gasteiger partial charge is 0.309 e. The zero-order valence-electron chi connectivity index (χ0n) is 38.9. The number of aromatic nitrogens is 4. The molecule has 0 fully saturated rings. The van der Waals surface area contributed by atoms with E-state index in [1.165, 1.54) is 66.4 Å². The van der Waals surface area contributed by atoms with Crippen molar-refractivity contribution in [2.24, 2.45) is 0 Å². The summed E-state index contributed by atoms with van der Waals surface area (Å²) >= 11 is 0. The average Bonchev–Trinajstić information content (AvgIpc) is 3.88. The van der Waals surface area contributed by atoms with Crippen LogP contribution in [0.1, 0.15) is 25.0 Å². The van der Waals surface area contributed by atoms with Gasteiger partial charge >= 0.3 is 0 Å². The molecule has 0 spiro atoms. The van der Waals surface area contributed by atoms with Crippen LogP contribution in [0.5, 0.6) is 0 Å². The average molecular weight is 895 g/mol. The molecule has 0 bridgehead atoms. The van der Waals surface area contributed by atoms with Gasteiger partial charge in [0.25, 0.3) is 0 Å². The Labute approximate surface area is 407 Å². The second-order valence-corrected chi connectivity index (χ2v) is 18.8. The highest BCUT2D eigenvalue weighted by molar-refractivity contribution is 6.11. The van der Waals surface area contributed by atoms with E-state index in [2.05, 4.69) is 200 Å². The Morgan fingerprint density at radius 1 is 0.300 bits per heavy atom. The normalized spacial score (nSPS) is 12.5. The molecule has 13 rings (SSSR count). The summed E-state index contributed by atoms with van der Waals surface area (Å²) < 4.78 is 2.43. The van der Waals surface area contributed by atoms with Crippen LogP contribution in [0.3, 0.4) is 0 Å². The topological polar surface area (TPSA) is 43.6 Å². The third kappa shape index (κ3) is 7.03. The Bertz CT molecular complexity index is 3890. The van der Waals surface area contributed by atoms with E-state index in [4.69, 9.17) is 15.0 Å². The van der Waals surface area contributed by atoms with Gasteiger partial charge in [0.15, 0.2) is 17.5 Å². The fourth-order valence-corrected chi connectivity index (χ4v) is 10.7. The zero-order valence-corrected chi connectivity index (χ0v) is 38.9. The van der Waals surface area contributed by atoms with Crippen LogP contribution >= 0.6 is 0 Å². The Hall–Kier alpha value is -8.99. The molecule has 12 aromatic rings. The molecule has 0 amide bonds. The third-order valence-electron chi connectivity index (χ3n) is 14.3. The zero-order chi connectivity index (χ0) is 46.8. The lowest BCUT2D eigenvalue weighted by Gasteiger charge is -2.21. The maximum Gasteiger partial charge on any atom is 0.164 e. The summed E-state index contributed by atoms with van der Waals surface area (Å²) in [4.78, 5) is 15.0. The van der Waals surface area contributed by atoms with Crippen LogP contribution in [0, 0.1) is 0 Å². The van der Waals surface area contributed by atoms with E-state index in [1.807, 2.05) is 60.7 Å². The summed E-state index contributed by atoms with van der Waals surface area (Å²) in [5, 5.41) is 2.39. The number of rotatable bonds is 8. The van der Waals surface area contributed by atoms with E-state index >= 15 is 0 Å². The molecule has 0 unspecified atom stereocenters. The summed E-state index contributed by atoms with van der Waals surface area (Å²) in [7, 11) is 0. The standard InChI is InChI=1S/C66H46N4/c1-66(2)58-29-13-12-27-56(58)62-54(28-16-30-59(62)66)45-33-31-44(32-34-45)50-36-38-60-57(41-50)55-37-35-51(42-61(55)70(60)53-26-15-24-49(40-53)43-17-6-3-7-18-43)48-23-14-25-52(39-48)65-68-63(46-19-8-4-9-20-46)67-64(69-65)47-21-10-5-11-22-47/h3-42H,1-2H3. The van der Waals surface area contributed by atoms with Gasteiger partial charge in [0.05, 0.1) is 11.0 Å². The fourth-order valence-electron chi connectivity index (χ4n) is 10.7. The highest BCUT2D eigenvalue weighted by atomic mass is 15.0. The van der Waals surface area contributed by atoms with Crippen molar-refractivity contribution in [2.75, 3.05) is 0 Å². The molecule has 1 aliphatic rings. The summed E-state index contributed by atoms with van der Waals surface area (Å²) in [5.74, 6) is 1.91. The summed E-state index contributed by atoms with van der Waals surface area (Å²) in [5.41, 5.74) is 21.0. The molecule has 330 valence electrons. The Morgan fingerprint density at radius 2 is 0.771 bits per heavy atom. The van der Waals surface area contributed by atoms with Crippen molar-refractivity contribution in [3.8, 4) is 95.5 Å². The van der Waals surface area contributed by atoms with Crippen LogP contribution in [0.25, 0.3) is 117 Å². The van der Waals surface area contributed by atoms with Gasteiger partial charge in [0.1, 0.15) is 0 Å². The van der Waals surface area contributed by atoms with E-state index in [9.17, 15) is 0 Å². The van der Waals surface area contributed by atoms with Gasteiger partial charge in [-0.1, -0.05) is 220 Å². The van der Waals surface area contributed by atoms with Crippen LogP contribution in [-0.4, -0.2) is 19.5 Å². The molecule has 2 aromatic heterocycles. The fraction of sp³-hybridized carbons (Fsp3) is 0.0455. The first kappa shape index (κ1) is 41.2. The number of hydrogen-bond acceptors (Lipinski definition) is 3. The first-order valence-electron chi connectivity index (χ1n) is 24.0. The first-order valence-corrected chi connectivity index (χ1v) is 24.0. The number of benzene rings is 10. The summed E-state index contributed by atoms with van der Waals surface area (Å²) in [6.45, 7) is 4.69. The molecule has 0 saturated heterocycles. The molecule has 0 N–H and O–H groups in total. The van der Waals surface area contributed by atoms with Crippen LogP contribution in [0.4, 0.5) is 0 Å². The van der Waals surface area contributed by atoms with Crippen molar-refractivity contribution in [3.63, 3.8) is 0 Å². The first-order chi connectivity index (χ1) is 34.4. The maximum atomic E-state index is 5.05. The van der Waals surface area contributed by atoms with E-state index < -0.39 is 0 Å². The van der Waals surface area contributed by atoms with Gasteiger partial charge in [-0.15, -0.1) is 0 Å². The second kappa shape index (κ2) is 16.7.